The molecule has 0 radical (unpaired) electrons. The van der Waals surface area contributed by atoms with Crippen molar-refractivity contribution in [2.45, 2.75) is 32.9 Å². The lowest BCUT2D eigenvalue weighted by Gasteiger charge is -2.17. The molecule has 21 heavy (non-hydrogen) atoms. The van der Waals surface area contributed by atoms with Crippen molar-refractivity contribution < 1.29 is 19.4 Å². The molecule has 0 spiro atoms. The van der Waals surface area contributed by atoms with Gasteiger partial charge in [-0.1, -0.05) is 32.0 Å². The fourth-order valence-electron chi connectivity index (χ4n) is 2.48. The first-order chi connectivity index (χ1) is 10.0. The van der Waals surface area contributed by atoms with Crippen LogP contribution in [0.5, 0.6) is 0 Å². The van der Waals surface area contributed by atoms with E-state index in [0.29, 0.717) is 22.6 Å². The topological polar surface area (TPSA) is 82.7 Å². The number of carbonyl (C=O) groups is 1. The minimum absolute atomic E-state index is 0.0147. The molecule has 0 fully saturated rings. The van der Waals surface area contributed by atoms with Crippen LogP contribution in [0.1, 0.15) is 36.4 Å². The summed E-state index contributed by atoms with van der Waals surface area (Å²) in [6.45, 7) is 4.46. The zero-order chi connectivity index (χ0) is 15.4. The summed E-state index contributed by atoms with van der Waals surface area (Å²) in [6, 6.07) is 7.02. The largest absolute Gasteiger partial charge is 0.478 e. The number of para-hydroxylation sites is 1. The molecule has 0 amide bonds. The molecule has 2 aromatic rings. The fourth-order valence-corrected chi connectivity index (χ4v) is 2.48. The standard InChI is InChI=1S/C16H21NO4/c1-10(2)7-11(9-18)17-8-14-15(16(19)20)12-5-3-4-6-13(12)21-14/h3-6,10-11,17-18H,7-9H2,1-2H3,(H,19,20). The summed E-state index contributed by atoms with van der Waals surface area (Å²) in [4.78, 5) is 11.5. The molecular formula is C16H21NO4. The average molecular weight is 291 g/mol. The van der Waals surface area contributed by atoms with Crippen LogP contribution in [0.25, 0.3) is 11.0 Å². The van der Waals surface area contributed by atoms with Crippen molar-refractivity contribution in [2.24, 2.45) is 5.92 Å². The monoisotopic (exact) mass is 291 g/mol. The van der Waals surface area contributed by atoms with E-state index >= 15 is 0 Å². The number of rotatable bonds is 7. The lowest BCUT2D eigenvalue weighted by Crippen LogP contribution is -2.33. The van der Waals surface area contributed by atoms with Gasteiger partial charge in [0, 0.05) is 11.4 Å². The Bertz CT molecular complexity index is 618. The predicted octanol–water partition coefficient (Wildman–Crippen LogP) is 2.63. The Labute approximate surface area is 123 Å². The molecule has 3 N–H and O–H groups in total. The molecule has 0 saturated heterocycles. The Kier molecular flexibility index (Phi) is 4.98. The average Bonchev–Trinajstić information content (AvgIpc) is 2.81. The number of hydrogen-bond acceptors (Lipinski definition) is 4. The van der Waals surface area contributed by atoms with Gasteiger partial charge in [0.15, 0.2) is 0 Å². The van der Waals surface area contributed by atoms with Gasteiger partial charge in [-0.2, -0.15) is 0 Å². The van der Waals surface area contributed by atoms with Crippen LogP contribution in [0, 0.1) is 5.92 Å². The van der Waals surface area contributed by atoms with Crippen molar-refractivity contribution in [3.05, 3.63) is 35.6 Å². The van der Waals surface area contributed by atoms with Crippen LogP contribution in [-0.4, -0.2) is 28.8 Å². The number of carboxylic acids is 1. The maximum absolute atomic E-state index is 11.5. The molecule has 1 aromatic carbocycles. The SMILES string of the molecule is CC(C)CC(CO)NCc1oc2ccccc2c1C(=O)O. The second-order valence-corrected chi connectivity index (χ2v) is 5.59. The van der Waals surface area contributed by atoms with Crippen LogP contribution in [0.15, 0.2) is 28.7 Å². The molecule has 1 atom stereocenters. The highest BCUT2D eigenvalue weighted by atomic mass is 16.4. The minimum Gasteiger partial charge on any atom is -0.478 e. The Morgan fingerprint density at radius 2 is 2.05 bits per heavy atom. The lowest BCUT2D eigenvalue weighted by molar-refractivity contribution is 0.0696. The number of benzene rings is 1. The highest BCUT2D eigenvalue weighted by molar-refractivity contribution is 6.03. The summed E-state index contributed by atoms with van der Waals surface area (Å²) in [5.74, 6) is -0.156. The number of hydrogen-bond donors (Lipinski definition) is 3. The predicted molar refractivity (Wildman–Crippen MR) is 80.3 cm³/mol. The molecule has 114 valence electrons. The van der Waals surface area contributed by atoms with Gasteiger partial charge in [-0.25, -0.2) is 4.79 Å². The summed E-state index contributed by atoms with van der Waals surface area (Å²) in [5.41, 5.74) is 0.760. The van der Waals surface area contributed by atoms with E-state index in [2.05, 4.69) is 19.2 Å². The molecule has 0 aliphatic carbocycles. The third-order valence-corrected chi connectivity index (χ3v) is 3.41. The minimum atomic E-state index is -0.999. The van der Waals surface area contributed by atoms with Crippen molar-refractivity contribution in [2.75, 3.05) is 6.61 Å². The Hall–Kier alpha value is -1.85. The lowest BCUT2D eigenvalue weighted by atomic mass is 10.0. The first kappa shape index (κ1) is 15.5. The van der Waals surface area contributed by atoms with E-state index in [1.165, 1.54) is 0 Å². The molecule has 1 aromatic heterocycles. The molecular weight excluding hydrogens is 270 g/mol. The van der Waals surface area contributed by atoms with Crippen LogP contribution in [0.2, 0.25) is 0 Å². The van der Waals surface area contributed by atoms with Crippen LogP contribution < -0.4 is 5.32 Å². The highest BCUT2D eigenvalue weighted by Crippen LogP contribution is 2.26. The van der Waals surface area contributed by atoms with Gasteiger partial charge in [0.2, 0.25) is 0 Å². The van der Waals surface area contributed by atoms with E-state index in [9.17, 15) is 15.0 Å². The van der Waals surface area contributed by atoms with E-state index in [4.69, 9.17) is 4.42 Å². The quantitative estimate of drug-likeness (QED) is 0.730. The fraction of sp³-hybridized carbons (Fsp3) is 0.438. The Morgan fingerprint density at radius 1 is 1.33 bits per heavy atom. The zero-order valence-corrected chi connectivity index (χ0v) is 12.3. The Balaban J connectivity index is 2.21. The number of aliphatic hydroxyl groups excluding tert-OH is 1. The van der Waals surface area contributed by atoms with E-state index in [-0.39, 0.29) is 24.8 Å². The van der Waals surface area contributed by atoms with Crippen molar-refractivity contribution in [3.63, 3.8) is 0 Å². The van der Waals surface area contributed by atoms with Gasteiger partial charge in [0.05, 0.1) is 13.2 Å². The molecule has 1 unspecified atom stereocenters. The number of aliphatic hydroxyl groups is 1. The molecule has 5 heteroatoms. The molecule has 5 nitrogen and oxygen atoms in total. The maximum Gasteiger partial charge on any atom is 0.339 e. The van der Waals surface area contributed by atoms with Gasteiger partial charge in [-0.3, -0.25) is 0 Å². The number of aromatic carboxylic acids is 1. The van der Waals surface area contributed by atoms with Gasteiger partial charge in [-0.15, -0.1) is 0 Å². The highest BCUT2D eigenvalue weighted by Gasteiger charge is 2.20. The van der Waals surface area contributed by atoms with Crippen molar-refractivity contribution in [1.29, 1.82) is 0 Å². The van der Waals surface area contributed by atoms with Crippen LogP contribution in [-0.2, 0) is 6.54 Å². The summed E-state index contributed by atoms with van der Waals surface area (Å²) in [7, 11) is 0. The number of fused-ring (bicyclic) bond motifs is 1. The van der Waals surface area contributed by atoms with Crippen molar-refractivity contribution in [3.8, 4) is 0 Å². The Morgan fingerprint density at radius 3 is 2.67 bits per heavy atom. The van der Waals surface area contributed by atoms with E-state index in [1.807, 2.05) is 6.07 Å². The number of carboxylic acid groups (broad SMARTS) is 1. The molecule has 0 aliphatic rings. The van der Waals surface area contributed by atoms with E-state index < -0.39 is 5.97 Å². The molecule has 2 rings (SSSR count). The summed E-state index contributed by atoms with van der Waals surface area (Å²) < 4.78 is 5.64. The van der Waals surface area contributed by atoms with Crippen LogP contribution in [0.4, 0.5) is 0 Å². The molecule has 0 saturated carbocycles. The van der Waals surface area contributed by atoms with Gasteiger partial charge in [0.25, 0.3) is 0 Å². The van der Waals surface area contributed by atoms with Crippen LogP contribution in [0.3, 0.4) is 0 Å². The summed E-state index contributed by atoms with van der Waals surface area (Å²) >= 11 is 0. The molecule has 1 heterocycles. The number of furan rings is 1. The van der Waals surface area contributed by atoms with Gasteiger partial charge < -0.3 is 19.9 Å². The first-order valence-electron chi connectivity index (χ1n) is 7.10. The third kappa shape index (κ3) is 3.62. The molecule has 0 bridgehead atoms. The molecule has 0 aliphatic heterocycles. The first-order valence-corrected chi connectivity index (χ1v) is 7.10. The van der Waals surface area contributed by atoms with Gasteiger partial charge >= 0.3 is 5.97 Å². The van der Waals surface area contributed by atoms with Crippen molar-refractivity contribution in [1.82, 2.24) is 5.32 Å². The van der Waals surface area contributed by atoms with Gasteiger partial charge in [-0.05, 0) is 18.4 Å². The second-order valence-electron chi connectivity index (χ2n) is 5.59. The van der Waals surface area contributed by atoms with E-state index in [0.717, 1.165) is 6.42 Å². The summed E-state index contributed by atoms with van der Waals surface area (Å²) in [6.07, 6.45) is 0.819. The third-order valence-electron chi connectivity index (χ3n) is 3.41. The summed E-state index contributed by atoms with van der Waals surface area (Å²) in [5, 5.41) is 22.5. The van der Waals surface area contributed by atoms with Crippen molar-refractivity contribution >= 4 is 16.9 Å². The van der Waals surface area contributed by atoms with Gasteiger partial charge in [0.1, 0.15) is 16.9 Å². The maximum atomic E-state index is 11.5. The smallest absolute Gasteiger partial charge is 0.339 e. The van der Waals surface area contributed by atoms with E-state index in [1.54, 1.807) is 18.2 Å². The normalized spacial score (nSPS) is 13.0. The zero-order valence-electron chi connectivity index (χ0n) is 12.3. The van der Waals surface area contributed by atoms with Crippen LogP contribution >= 0.6 is 0 Å². The second kappa shape index (κ2) is 6.74. The number of nitrogens with one attached hydrogen (secondary N) is 1.